The molecule has 0 saturated carbocycles. The lowest BCUT2D eigenvalue weighted by Crippen LogP contribution is -2.41. The minimum absolute atomic E-state index is 0.00588. The first-order valence-corrected chi connectivity index (χ1v) is 19.3. The van der Waals surface area contributed by atoms with Crippen LogP contribution < -0.4 is 11.1 Å². The lowest BCUT2D eigenvalue weighted by molar-refractivity contribution is -0.130. The van der Waals surface area contributed by atoms with Crippen LogP contribution in [0.25, 0.3) is 0 Å². The van der Waals surface area contributed by atoms with Gasteiger partial charge < -0.3 is 30.0 Å². The molecule has 3 aromatic carbocycles. The van der Waals surface area contributed by atoms with E-state index < -0.39 is 35.2 Å². The Morgan fingerprint density at radius 3 is 1.17 bits per heavy atom. The SMILES string of the molecule is CC(=O)Cl.CC(=O)N(C(=O)OC(C)(C)C)[C@H](C)c1ccccc1.CC(=O)N[C@H](C)c1ccccc1.CC(C)(C)OC(=O)OC(=O)OC(C)(C)C.C[C@@H](N)c1ccccc1. The van der Waals surface area contributed by atoms with Gasteiger partial charge >= 0.3 is 18.4 Å². The van der Waals surface area contributed by atoms with Gasteiger partial charge in [0.2, 0.25) is 17.1 Å². The van der Waals surface area contributed by atoms with E-state index in [9.17, 15) is 28.8 Å². The van der Waals surface area contributed by atoms with E-state index in [1.807, 2.05) is 105 Å². The third-order valence-corrected chi connectivity index (χ3v) is 6.59. The summed E-state index contributed by atoms with van der Waals surface area (Å²) in [7, 11) is 0. The third-order valence-electron chi connectivity index (χ3n) is 6.59. The highest BCUT2D eigenvalue weighted by atomic mass is 35.5. The van der Waals surface area contributed by atoms with Gasteiger partial charge in [0.15, 0.2) is 0 Å². The second-order valence-electron chi connectivity index (χ2n) is 16.0. The molecule has 0 aliphatic carbocycles. The summed E-state index contributed by atoms with van der Waals surface area (Å²) >= 11 is 4.64. The Hall–Kier alpha value is -5.27. The molecule has 0 aliphatic rings. The van der Waals surface area contributed by atoms with Gasteiger partial charge in [0.25, 0.3) is 0 Å². The van der Waals surface area contributed by atoms with Gasteiger partial charge in [0.05, 0.1) is 12.1 Å². The van der Waals surface area contributed by atoms with E-state index >= 15 is 0 Å². The topological polar surface area (TPSA) is 181 Å². The molecule has 3 atom stereocenters. The first-order chi connectivity index (χ1) is 27.0. The number of amides is 3. The average Bonchev–Trinajstić information content (AvgIpc) is 3.07. The number of imide groups is 1. The number of halogens is 1. The summed E-state index contributed by atoms with van der Waals surface area (Å²) in [6.45, 7) is 25.3. The summed E-state index contributed by atoms with van der Waals surface area (Å²) in [6, 6.07) is 29.3. The maximum atomic E-state index is 12.1. The summed E-state index contributed by atoms with van der Waals surface area (Å²) in [5.41, 5.74) is 6.82. The maximum absolute atomic E-state index is 12.1. The molecule has 13 nitrogen and oxygen atoms in total. The largest absolute Gasteiger partial charge is 0.519 e. The molecule has 0 fully saturated rings. The fourth-order valence-electron chi connectivity index (χ4n) is 4.25. The molecular formula is C45H66ClN3O10. The zero-order chi connectivity index (χ0) is 46.1. The first-order valence-electron chi connectivity index (χ1n) is 19.0. The molecule has 0 heterocycles. The number of rotatable bonds is 5. The van der Waals surface area contributed by atoms with Crippen LogP contribution in [0, 0.1) is 0 Å². The van der Waals surface area contributed by atoms with E-state index in [-0.39, 0.29) is 35.2 Å². The number of carbonyl (C=O) groups is 6. The van der Waals surface area contributed by atoms with Crippen molar-refractivity contribution in [1.29, 1.82) is 0 Å². The molecule has 0 unspecified atom stereocenters. The molecule has 328 valence electrons. The molecule has 59 heavy (non-hydrogen) atoms. The third kappa shape index (κ3) is 31.4. The number of hydrogen-bond acceptors (Lipinski definition) is 11. The zero-order valence-electron chi connectivity index (χ0n) is 37.4. The normalized spacial score (nSPS) is 12.0. The molecule has 3 rings (SSSR count). The summed E-state index contributed by atoms with van der Waals surface area (Å²) in [4.78, 5) is 66.9. The molecule has 0 bridgehead atoms. The monoisotopic (exact) mass is 843 g/mol. The number of nitrogens with one attached hydrogen (secondary N) is 1. The predicted octanol–water partition coefficient (Wildman–Crippen LogP) is 10.8. The van der Waals surface area contributed by atoms with Gasteiger partial charge in [-0.25, -0.2) is 19.3 Å². The Morgan fingerprint density at radius 1 is 0.576 bits per heavy atom. The summed E-state index contributed by atoms with van der Waals surface area (Å²) in [5, 5.41) is 2.46. The van der Waals surface area contributed by atoms with Crippen LogP contribution in [-0.4, -0.2) is 57.2 Å². The Balaban J connectivity index is 0. The van der Waals surface area contributed by atoms with Gasteiger partial charge in [-0.05, 0) is 111 Å². The summed E-state index contributed by atoms with van der Waals surface area (Å²) in [5.74, 6) is -0.322. The van der Waals surface area contributed by atoms with Crippen LogP contribution in [0.3, 0.4) is 0 Å². The van der Waals surface area contributed by atoms with E-state index in [1.54, 1.807) is 69.2 Å². The standard InChI is InChI=1S/C15H21NO3.C10H13NO.C10H18O5.C8H11N.C2H3ClO/c1-11(13-9-7-6-8-10-13)16(12(2)17)14(18)19-15(3,4)5;1-8(11-9(2)12)10-6-4-3-5-7-10;1-9(2,3)14-7(11)13-8(12)15-10(4,5)6;1-7(9)8-5-3-2-4-6-8;1-2(3)4/h6-11H,1-5H3;3-8H,1-2H3,(H,11,12);1-6H3;2-7H,9H2,1H3;1H3/t11-;8-;;7-;/m11.1./s1. The highest BCUT2D eigenvalue weighted by Crippen LogP contribution is 2.23. The summed E-state index contributed by atoms with van der Waals surface area (Å²) < 4.78 is 19.1. The average molecular weight is 844 g/mol. The number of nitrogens with two attached hydrogens (primary N) is 1. The van der Waals surface area contributed by atoms with Gasteiger partial charge in [0.1, 0.15) is 16.8 Å². The molecule has 0 aromatic heterocycles. The van der Waals surface area contributed by atoms with Crippen molar-refractivity contribution in [2.45, 2.75) is 139 Å². The number of ether oxygens (including phenoxy) is 4. The first kappa shape index (κ1) is 55.8. The Labute approximate surface area is 356 Å². The van der Waals surface area contributed by atoms with Crippen LogP contribution in [0.5, 0.6) is 0 Å². The minimum atomic E-state index is -1.06. The van der Waals surface area contributed by atoms with Gasteiger partial charge in [-0.3, -0.25) is 14.4 Å². The van der Waals surface area contributed by atoms with Crippen molar-refractivity contribution in [3.8, 4) is 0 Å². The van der Waals surface area contributed by atoms with E-state index in [2.05, 4.69) is 21.7 Å². The molecule has 3 amide bonds. The van der Waals surface area contributed by atoms with Gasteiger partial charge in [-0.2, -0.15) is 0 Å². The van der Waals surface area contributed by atoms with Crippen LogP contribution in [0.4, 0.5) is 14.4 Å². The van der Waals surface area contributed by atoms with E-state index in [0.717, 1.165) is 16.0 Å². The van der Waals surface area contributed by atoms with E-state index in [0.29, 0.717) is 0 Å². The molecule has 14 heteroatoms. The number of hydrogen-bond donors (Lipinski definition) is 2. The van der Waals surface area contributed by atoms with Crippen molar-refractivity contribution in [3.63, 3.8) is 0 Å². The Bertz CT molecular complexity index is 1670. The van der Waals surface area contributed by atoms with Crippen LogP contribution >= 0.6 is 11.6 Å². The van der Waals surface area contributed by atoms with Crippen molar-refractivity contribution in [3.05, 3.63) is 108 Å². The van der Waals surface area contributed by atoms with Crippen LogP contribution in [0.1, 0.15) is 139 Å². The minimum Gasteiger partial charge on any atom is -0.443 e. The van der Waals surface area contributed by atoms with Crippen molar-refractivity contribution < 1.29 is 47.7 Å². The van der Waals surface area contributed by atoms with Crippen LogP contribution in [0.2, 0.25) is 0 Å². The van der Waals surface area contributed by atoms with Crippen molar-refractivity contribution in [2.24, 2.45) is 5.73 Å². The van der Waals surface area contributed by atoms with Crippen molar-refractivity contribution in [2.75, 3.05) is 0 Å². The lowest BCUT2D eigenvalue weighted by atomic mass is 10.1. The number of benzene rings is 3. The van der Waals surface area contributed by atoms with E-state index in [4.69, 9.17) is 19.9 Å². The molecule has 0 spiro atoms. The second-order valence-corrected chi connectivity index (χ2v) is 16.5. The van der Waals surface area contributed by atoms with Gasteiger partial charge in [0, 0.05) is 26.8 Å². The molecule has 3 aromatic rings. The highest BCUT2D eigenvalue weighted by Gasteiger charge is 2.30. The van der Waals surface area contributed by atoms with Gasteiger partial charge in [-0.1, -0.05) is 91.0 Å². The Morgan fingerprint density at radius 2 is 0.898 bits per heavy atom. The van der Waals surface area contributed by atoms with Crippen LogP contribution in [-0.2, 0) is 33.3 Å². The molecule has 0 radical (unpaired) electrons. The number of nitrogens with zero attached hydrogens (tertiary/aromatic N) is 1. The van der Waals surface area contributed by atoms with Gasteiger partial charge in [-0.15, -0.1) is 0 Å². The Kier molecular flexibility index (Phi) is 25.9. The van der Waals surface area contributed by atoms with Crippen molar-refractivity contribution in [1.82, 2.24) is 10.2 Å². The zero-order valence-corrected chi connectivity index (χ0v) is 38.1. The van der Waals surface area contributed by atoms with Crippen molar-refractivity contribution >= 4 is 47.1 Å². The maximum Gasteiger partial charge on any atom is 0.519 e. The fraction of sp³-hybridized carbons (Fsp3) is 0.467. The molecular weight excluding hydrogens is 778 g/mol. The lowest BCUT2D eigenvalue weighted by Gasteiger charge is -2.29. The predicted molar refractivity (Wildman–Crippen MR) is 231 cm³/mol. The van der Waals surface area contributed by atoms with Crippen LogP contribution in [0.15, 0.2) is 91.0 Å². The molecule has 3 N–H and O–H groups in total. The fourth-order valence-corrected chi connectivity index (χ4v) is 4.25. The highest BCUT2D eigenvalue weighted by molar-refractivity contribution is 6.62. The summed E-state index contributed by atoms with van der Waals surface area (Å²) in [6.07, 6.45) is -2.73. The quantitative estimate of drug-likeness (QED) is 0.108. The number of carbonyl (C=O) groups excluding carboxylic acids is 6. The molecule has 0 aliphatic heterocycles. The second kappa shape index (κ2) is 27.4. The smallest absolute Gasteiger partial charge is 0.443 e. The van der Waals surface area contributed by atoms with E-state index in [1.165, 1.54) is 26.3 Å². The molecule has 0 saturated heterocycles.